The maximum absolute atomic E-state index is 6.20. The molecule has 2 N–H and O–H groups in total. The summed E-state index contributed by atoms with van der Waals surface area (Å²) in [5, 5.41) is 7.62. The van der Waals surface area contributed by atoms with E-state index in [-0.39, 0.29) is 12.4 Å². The molecule has 0 radical (unpaired) electrons. The number of likely N-dealkylation sites (N-methyl/N-ethyl adjacent to an activating group) is 1. The van der Waals surface area contributed by atoms with Crippen molar-refractivity contribution >= 4 is 52.2 Å². The Morgan fingerprint density at radius 2 is 1.90 bits per heavy atom. The third kappa shape index (κ3) is 6.17. The van der Waals surface area contributed by atoms with Crippen molar-refractivity contribution in [2.75, 3.05) is 44.9 Å². The van der Waals surface area contributed by atoms with Crippen molar-refractivity contribution in [2.45, 2.75) is 6.92 Å². The quantitative estimate of drug-likeness (QED) is 0.510. The van der Waals surface area contributed by atoms with Crippen molar-refractivity contribution in [1.29, 1.82) is 0 Å². The normalized spacial score (nSPS) is 10.6. The molecular weight excluding hydrogens is 431 g/mol. The van der Waals surface area contributed by atoms with Crippen molar-refractivity contribution in [3.05, 3.63) is 41.2 Å². The Morgan fingerprint density at radius 1 is 1.17 bits per heavy atom. The summed E-state index contributed by atoms with van der Waals surface area (Å²) in [4.78, 5) is 16.5. The lowest BCUT2D eigenvalue weighted by atomic mass is 10.1. The Balaban J connectivity index is 0.00000300. The predicted molar refractivity (Wildman–Crippen MR) is 123 cm³/mol. The van der Waals surface area contributed by atoms with Gasteiger partial charge in [0.15, 0.2) is 10.9 Å². The van der Waals surface area contributed by atoms with E-state index in [4.69, 9.17) is 16.3 Å². The van der Waals surface area contributed by atoms with Crippen molar-refractivity contribution in [3.63, 3.8) is 0 Å². The highest BCUT2D eigenvalue weighted by Crippen LogP contribution is 2.34. The molecule has 156 valence electrons. The largest absolute Gasteiger partial charge is 0.497 e. The molecule has 0 saturated carbocycles. The molecule has 0 atom stereocenters. The fourth-order valence-electron chi connectivity index (χ4n) is 2.50. The predicted octanol–water partition coefficient (Wildman–Crippen LogP) is 4.71. The van der Waals surface area contributed by atoms with Crippen LogP contribution in [-0.4, -0.2) is 54.1 Å². The fourth-order valence-corrected chi connectivity index (χ4v) is 3.63. The second kappa shape index (κ2) is 10.6. The van der Waals surface area contributed by atoms with Gasteiger partial charge in [-0.05, 0) is 50.8 Å². The number of halogens is 2. The van der Waals surface area contributed by atoms with Crippen LogP contribution in [0.4, 0.5) is 16.9 Å². The molecule has 0 aliphatic carbocycles. The number of nitrogens with one attached hydrogen (secondary N) is 2. The van der Waals surface area contributed by atoms with Gasteiger partial charge in [-0.25, -0.2) is 9.97 Å². The molecule has 29 heavy (non-hydrogen) atoms. The van der Waals surface area contributed by atoms with Gasteiger partial charge in [-0.15, -0.1) is 12.4 Å². The lowest BCUT2D eigenvalue weighted by Crippen LogP contribution is -2.21. The van der Waals surface area contributed by atoms with Crippen LogP contribution in [0.1, 0.15) is 5.69 Å². The molecule has 0 amide bonds. The molecule has 0 aliphatic heterocycles. The molecule has 0 aliphatic rings. The van der Waals surface area contributed by atoms with Gasteiger partial charge in [0.25, 0.3) is 0 Å². The minimum absolute atomic E-state index is 0. The zero-order valence-corrected chi connectivity index (χ0v) is 19.1. The zero-order chi connectivity index (χ0) is 20.1. The Labute approximate surface area is 185 Å². The van der Waals surface area contributed by atoms with E-state index in [1.54, 1.807) is 24.6 Å². The summed E-state index contributed by atoms with van der Waals surface area (Å²) in [5.41, 5.74) is 2.03. The Kier molecular flexibility index (Phi) is 8.45. The van der Waals surface area contributed by atoms with Crippen molar-refractivity contribution in [2.24, 2.45) is 0 Å². The van der Waals surface area contributed by atoms with Crippen LogP contribution >= 0.6 is 35.3 Å². The van der Waals surface area contributed by atoms with Crippen molar-refractivity contribution < 1.29 is 4.74 Å². The summed E-state index contributed by atoms with van der Waals surface area (Å²) in [6.45, 7) is 3.60. The van der Waals surface area contributed by atoms with E-state index in [0.717, 1.165) is 40.1 Å². The Bertz CT molecular complexity index is 933. The van der Waals surface area contributed by atoms with Gasteiger partial charge in [-0.3, -0.25) is 5.32 Å². The molecule has 2 aromatic heterocycles. The number of ether oxygens (including phenoxy) is 1. The van der Waals surface area contributed by atoms with Gasteiger partial charge in [0.2, 0.25) is 5.95 Å². The highest BCUT2D eigenvalue weighted by Gasteiger charge is 2.12. The molecule has 0 unspecified atom stereocenters. The number of rotatable bonds is 8. The molecular formula is C19H24Cl2N6OS. The molecule has 0 fully saturated rings. The van der Waals surface area contributed by atoms with Gasteiger partial charge >= 0.3 is 0 Å². The molecule has 0 spiro atoms. The van der Waals surface area contributed by atoms with E-state index in [1.165, 1.54) is 0 Å². The minimum atomic E-state index is 0. The minimum Gasteiger partial charge on any atom is -0.497 e. The van der Waals surface area contributed by atoms with Crippen LogP contribution in [0.2, 0.25) is 5.02 Å². The van der Waals surface area contributed by atoms with E-state index in [9.17, 15) is 0 Å². The van der Waals surface area contributed by atoms with Crippen molar-refractivity contribution in [1.82, 2.24) is 19.9 Å². The maximum Gasteiger partial charge on any atom is 0.231 e. The molecule has 2 heterocycles. The van der Waals surface area contributed by atoms with Crippen LogP contribution in [0.5, 0.6) is 5.75 Å². The van der Waals surface area contributed by atoms with E-state index >= 15 is 0 Å². The van der Waals surface area contributed by atoms with Crippen LogP contribution < -0.4 is 15.4 Å². The standard InChI is InChI=1S/C19H23ClN6OS.ClH/c1-12-16(13-5-7-14(27-4)8-6-13)28-19(23-12)25-18-22-11-15(20)17(24-18)21-9-10-26(2)3;/h5-8,11H,9-10H2,1-4H3,(H2,21,22,23,24,25);1H. The summed E-state index contributed by atoms with van der Waals surface area (Å²) in [5.74, 6) is 1.88. The smallest absolute Gasteiger partial charge is 0.231 e. The van der Waals surface area contributed by atoms with Crippen LogP contribution in [-0.2, 0) is 0 Å². The average Bonchev–Trinajstić information content (AvgIpc) is 3.04. The zero-order valence-electron chi connectivity index (χ0n) is 16.7. The first-order valence-corrected chi connectivity index (χ1v) is 9.95. The van der Waals surface area contributed by atoms with E-state index < -0.39 is 0 Å². The monoisotopic (exact) mass is 454 g/mol. The number of hydrogen-bond donors (Lipinski definition) is 2. The summed E-state index contributed by atoms with van der Waals surface area (Å²) in [7, 11) is 5.69. The average molecular weight is 455 g/mol. The first-order chi connectivity index (χ1) is 13.5. The topological polar surface area (TPSA) is 75.2 Å². The van der Waals surface area contributed by atoms with E-state index in [2.05, 4.69) is 30.5 Å². The number of benzene rings is 1. The van der Waals surface area contributed by atoms with Gasteiger partial charge in [0, 0.05) is 13.1 Å². The highest BCUT2D eigenvalue weighted by atomic mass is 35.5. The molecule has 0 saturated heterocycles. The van der Waals surface area contributed by atoms with Gasteiger partial charge in [-0.1, -0.05) is 22.9 Å². The molecule has 0 bridgehead atoms. The van der Waals surface area contributed by atoms with Crippen LogP contribution in [0, 0.1) is 6.92 Å². The third-order valence-corrected chi connectivity index (χ3v) is 5.36. The van der Waals surface area contributed by atoms with Gasteiger partial charge in [0.05, 0.1) is 23.9 Å². The van der Waals surface area contributed by atoms with Crippen LogP contribution in [0.3, 0.4) is 0 Å². The molecule has 3 aromatic rings. The lowest BCUT2D eigenvalue weighted by Gasteiger charge is -2.12. The number of aryl methyl sites for hydroxylation is 1. The summed E-state index contributed by atoms with van der Waals surface area (Å²) >= 11 is 7.75. The number of methoxy groups -OCH3 is 1. The SMILES string of the molecule is COc1ccc(-c2sc(Nc3ncc(Cl)c(NCCN(C)C)n3)nc2C)cc1.Cl. The molecule has 7 nitrogen and oxygen atoms in total. The molecule has 3 rings (SSSR count). The lowest BCUT2D eigenvalue weighted by molar-refractivity contribution is 0.415. The highest BCUT2D eigenvalue weighted by molar-refractivity contribution is 7.19. The fraction of sp³-hybridized carbons (Fsp3) is 0.316. The number of nitrogens with zero attached hydrogens (tertiary/aromatic N) is 4. The summed E-state index contributed by atoms with van der Waals surface area (Å²) < 4.78 is 5.22. The number of thiazole rings is 1. The first kappa shape index (κ1) is 23.2. The van der Waals surface area contributed by atoms with E-state index in [0.29, 0.717) is 16.8 Å². The van der Waals surface area contributed by atoms with E-state index in [1.807, 2.05) is 45.3 Å². The second-order valence-electron chi connectivity index (χ2n) is 6.41. The Hall–Kier alpha value is -2.13. The number of hydrogen-bond acceptors (Lipinski definition) is 8. The summed E-state index contributed by atoms with van der Waals surface area (Å²) in [6, 6.07) is 7.93. The Morgan fingerprint density at radius 3 is 2.55 bits per heavy atom. The summed E-state index contributed by atoms with van der Waals surface area (Å²) in [6.07, 6.45) is 1.58. The number of anilines is 3. The van der Waals surface area contributed by atoms with Gasteiger partial charge in [0.1, 0.15) is 10.8 Å². The number of aromatic nitrogens is 3. The van der Waals surface area contributed by atoms with Crippen molar-refractivity contribution in [3.8, 4) is 16.2 Å². The molecule has 10 heteroatoms. The van der Waals surface area contributed by atoms with Crippen LogP contribution in [0.25, 0.3) is 10.4 Å². The second-order valence-corrected chi connectivity index (χ2v) is 7.81. The maximum atomic E-state index is 6.20. The third-order valence-electron chi connectivity index (χ3n) is 3.96. The molecule has 1 aromatic carbocycles. The van der Waals surface area contributed by atoms with Gasteiger partial charge in [-0.2, -0.15) is 4.98 Å². The van der Waals surface area contributed by atoms with Crippen LogP contribution in [0.15, 0.2) is 30.5 Å². The first-order valence-electron chi connectivity index (χ1n) is 8.76. The van der Waals surface area contributed by atoms with Gasteiger partial charge < -0.3 is 15.0 Å².